The number of hydrogen-bond donors (Lipinski definition) is 2. The van der Waals surface area contributed by atoms with E-state index in [1.54, 1.807) is 4.80 Å². The number of aliphatic hydroxyl groups is 1. The molecule has 0 fully saturated rings. The number of aromatic nitrogens is 3. The van der Waals surface area contributed by atoms with E-state index in [9.17, 15) is 15.0 Å². The van der Waals surface area contributed by atoms with E-state index in [0.717, 1.165) is 29.4 Å². The smallest absolute Gasteiger partial charge is 0.303 e. The third-order valence-electron chi connectivity index (χ3n) is 6.62. The summed E-state index contributed by atoms with van der Waals surface area (Å²) in [5.74, 6) is -0.888. The highest BCUT2D eigenvalue weighted by Gasteiger charge is 2.37. The van der Waals surface area contributed by atoms with Crippen LogP contribution in [0.15, 0.2) is 54.6 Å². The molecule has 3 rings (SSSR count). The minimum absolute atomic E-state index is 0.0546. The Bertz CT molecular complexity index is 993. The number of carbonyl (C=O) groups is 1. The van der Waals surface area contributed by atoms with Gasteiger partial charge in [0.2, 0.25) is 0 Å². The maximum Gasteiger partial charge on any atom is 0.303 e. The molecule has 6 nitrogen and oxygen atoms in total. The van der Waals surface area contributed by atoms with E-state index in [2.05, 4.69) is 27.7 Å². The predicted molar refractivity (Wildman–Crippen MR) is 131 cm³/mol. The maximum absolute atomic E-state index is 11.7. The average molecular weight is 452 g/mol. The van der Waals surface area contributed by atoms with Crippen molar-refractivity contribution in [2.45, 2.75) is 77.9 Å². The molecule has 1 heterocycles. The normalized spacial score (nSPS) is 15.8. The van der Waals surface area contributed by atoms with Crippen LogP contribution in [-0.4, -0.2) is 37.3 Å². The van der Waals surface area contributed by atoms with E-state index >= 15 is 0 Å². The Morgan fingerprint density at radius 1 is 0.939 bits per heavy atom. The number of fused-ring (bicyclic) bond motifs is 1. The number of carboxylic acids is 1. The van der Waals surface area contributed by atoms with Crippen LogP contribution >= 0.6 is 0 Å². The van der Waals surface area contributed by atoms with Crippen molar-refractivity contribution in [3.8, 4) is 0 Å². The number of hydrogen-bond acceptors (Lipinski definition) is 4. The van der Waals surface area contributed by atoms with Crippen LogP contribution in [0.25, 0.3) is 11.0 Å². The number of benzene rings is 2. The number of nitrogens with zero attached hydrogens (tertiary/aromatic N) is 3. The van der Waals surface area contributed by atoms with Crippen LogP contribution in [0.5, 0.6) is 0 Å². The van der Waals surface area contributed by atoms with Crippen LogP contribution in [0, 0.1) is 11.3 Å². The summed E-state index contributed by atoms with van der Waals surface area (Å²) < 4.78 is 0. The first-order valence-electron chi connectivity index (χ1n) is 12.0. The quantitative estimate of drug-likeness (QED) is 0.383. The van der Waals surface area contributed by atoms with Gasteiger partial charge in [-0.05, 0) is 54.2 Å². The molecule has 4 unspecified atom stereocenters. The molecule has 0 aliphatic rings. The molecule has 0 spiro atoms. The molecule has 0 saturated carbocycles. The summed E-state index contributed by atoms with van der Waals surface area (Å²) in [6, 6.07) is 17.1. The highest BCUT2D eigenvalue weighted by Crippen LogP contribution is 2.39. The zero-order chi connectivity index (χ0) is 24.0. The Kier molecular flexibility index (Phi) is 8.25. The van der Waals surface area contributed by atoms with Crippen molar-refractivity contribution < 1.29 is 15.0 Å². The standard InChI is InChI=1S/C27H37N3O3/c1-5-11-21(27(2,3)4)26(33)24(30-28-22-14-9-10-15-23(22)29-30)17-16-20(18-25(31)32)19-12-7-6-8-13-19/h6-10,12-15,20-21,24,26,33H,5,11,16-18H2,1-4H3,(H,31,32). The zero-order valence-electron chi connectivity index (χ0n) is 20.2. The van der Waals surface area contributed by atoms with Gasteiger partial charge in [-0.3, -0.25) is 4.79 Å². The van der Waals surface area contributed by atoms with Crippen LogP contribution in [0.4, 0.5) is 0 Å². The summed E-state index contributed by atoms with van der Waals surface area (Å²) in [4.78, 5) is 13.3. The van der Waals surface area contributed by atoms with Crippen molar-refractivity contribution in [2.24, 2.45) is 11.3 Å². The monoisotopic (exact) mass is 451 g/mol. The molecular weight excluding hydrogens is 414 g/mol. The Labute approximate surface area is 196 Å². The molecule has 0 amide bonds. The second kappa shape index (κ2) is 10.9. The van der Waals surface area contributed by atoms with Gasteiger partial charge < -0.3 is 10.2 Å². The van der Waals surface area contributed by atoms with E-state index < -0.39 is 12.1 Å². The van der Waals surface area contributed by atoms with Crippen molar-refractivity contribution in [1.82, 2.24) is 15.0 Å². The molecule has 178 valence electrons. The molecule has 0 aliphatic carbocycles. The lowest BCUT2D eigenvalue weighted by Crippen LogP contribution is -2.39. The fourth-order valence-electron chi connectivity index (χ4n) is 4.84. The van der Waals surface area contributed by atoms with Gasteiger partial charge in [-0.15, -0.1) is 0 Å². The van der Waals surface area contributed by atoms with Gasteiger partial charge in [0, 0.05) is 0 Å². The summed E-state index contributed by atoms with van der Waals surface area (Å²) in [5, 5.41) is 30.6. The van der Waals surface area contributed by atoms with Crippen LogP contribution < -0.4 is 0 Å². The van der Waals surface area contributed by atoms with Gasteiger partial charge >= 0.3 is 5.97 Å². The minimum atomic E-state index is -0.817. The summed E-state index contributed by atoms with van der Waals surface area (Å²) in [7, 11) is 0. The third kappa shape index (κ3) is 6.41. The van der Waals surface area contributed by atoms with E-state index in [1.165, 1.54) is 0 Å². The Balaban J connectivity index is 1.94. The molecule has 0 bridgehead atoms. The summed E-state index contributed by atoms with van der Waals surface area (Å²) in [6.45, 7) is 8.63. The number of carboxylic acid groups (broad SMARTS) is 1. The second-order valence-corrected chi connectivity index (χ2v) is 10.1. The van der Waals surface area contributed by atoms with Crippen LogP contribution in [0.3, 0.4) is 0 Å². The highest BCUT2D eigenvalue weighted by molar-refractivity contribution is 5.73. The lowest BCUT2D eigenvalue weighted by atomic mass is 9.72. The summed E-state index contributed by atoms with van der Waals surface area (Å²) in [6.07, 6.45) is 2.50. The molecular formula is C27H37N3O3. The van der Waals surface area contributed by atoms with Crippen LogP contribution in [0.1, 0.15) is 77.3 Å². The summed E-state index contributed by atoms with van der Waals surface area (Å²) in [5.41, 5.74) is 2.51. The van der Waals surface area contributed by atoms with Gasteiger partial charge in [0.25, 0.3) is 0 Å². The van der Waals surface area contributed by atoms with Crippen LogP contribution in [0.2, 0.25) is 0 Å². The first-order valence-corrected chi connectivity index (χ1v) is 12.0. The fraction of sp³-hybridized carbons (Fsp3) is 0.519. The van der Waals surface area contributed by atoms with Crippen molar-refractivity contribution in [2.75, 3.05) is 0 Å². The average Bonchev–Trinajstić information content (AvgIpc) is 3.20. The fourth-order valence-corrected chi connectivity index (χ4v) is 4.84. The van der Waals surface area contributed by atoms with E-state index in [1.807, 2.05) is 54.6 Å². The van der Waals surface area contributed by atoms with Gasteiger partial charge in [0.15, 0.2) is 0 Å². The summed E-state index contributed by atoms with van der Waals surface area (Å²) >= 11 is 0. The molecule has 2 aromatic carbocycles. The maximum atomic E-state index is 11.7. The van der Waals surface area contributed by atoms with E-state index in [0.29, 0.717) is 12.8 Å². The third-order valence-corrected chi connectivity index (χ3v) is 6.62. The van der Waals surface area contributed by atoms with E-state index in [4.69, 9.17) is 10.2 Å². The Morgan fingerprint density at radius 3 is 2.03 bits per heavy atom. The first kappa shape index (κ1) is 24.9. The SMILES string of the molecule is CCCC(C(O)C(CCC(CC(=O)O)c1ccccc1)n1nc2ccccc2n1)C(C)(C)C. The molecule has 33 heavy (non-hydrogen) atoms. The van der Waals surface area contributed by atoms with Gasteiger partial charge in [-0.1, -0.05) is 76.6 Å². The number of rotatable bonds is 11. The van der Waals surface area contributed by atoms with Gasteiger partial charge in [-0.25, -0.2) is 0 Å². The topological polar surface area (TPSA) is 88.2 Å². The molecule has 0 aliphatic heterocycles. The largest absolute Gasteiger partial charge is 0.481 e. The predicted octanol–water partition coefficient (Wildman–Crippen LogP) is 5.83. The van der Waals surface area contributed by atoms with Crippen molar-refractivity contribution in [3.05, 3.63) is 60.2 Å². The van der Waals surface area contributed by atoms with Crippen molar-refractivity contribution in [3.63, 3.8) is 0 Å². The first-order chi connectivity index (χ1) is 15.7. The molecule has 2 N–H and O–H groups in total. The highest BCUT2D eigenvalue weighted by atomic mass is 16.4. The Morgan fingerprint density at radius 2 is 1.52 bits per heavy atom. The van der Waals surface area contributed by atoms with Crippen molar-refractivity contribution in [1.29, 1.82) is 0 Å². The van der Waals surface area contributed by atoms with Gasteiger partial charge in [-0.2, -0.15) is 15.0 Å². The van der Waals surface area contributed by atoms with Gasteiger partial charge in [0.05, 0.1) is 18.6 Å². The molecule has 3 aromatic rings. The molecule has 4 atom stereocenters. The zero-order valence-corrected chi connectivity index (χ0v) is 20.2. The molecule has 0 saturated heterocycles. The number of aliphatic carboxylic acids is 1. The van der Waals surface area contributed by atoms with E-state index in [-0.39, 0.29) is 29.7 Å². The second-order valence-electron chi connectivity index (χ2n) is 10.1. The Hall–Kier alpha value is -2.73. The molecule has 6 heteroatoms. The molecule has 1 aromatic heterocycles. The van der Waals surface area contributed by atoms with Crippen LogP contribution in [-0.2, 0) is 4.79 Å². The number of aliphatic hydroxyl groups excluding tert-OH is 1. The lowest BCUT2D eigenvalue weighted by molar-refractivity contribution is -0.137. The molecule has 0 radical (unpaired) electrons. The minimum Gasteiger partial charge on any atom is -0.481 e. The van der Waals surface area contributed by atoms with Crippen molar-refractivity contribution >= 4 is 17.0 Å². The lowest BCUT2D eigenvalue weighted by Gasteiger charge is -2.38. The van der Waals surface area contributed by atoms with Gasteiger partial charge in [0.1, 0.15) is 11.0 Å².